The number of carboxylic acid groups (broad SMARTS) is 1. The van der Waals surface area contributed by atoms with Gasteiger partial charge in [0.15, 0.2) is 0 Å². The number of nitrogens with zero attached hydrogens (tertiary/aromatic N) is 3. The summed E-state index contributed by atoms with van der Waals surface area (Å²) in [5, 5.41) is 8.96. The van der Waals surface area contributed by atoms with Gasteiger partial charge in [0.2, 0.25) is 17.9 Å². The number of carbonyl (C=O) groups is 1. The van der Waals surface area contributed by atoms with E-state index in [0.29, 0.717) is 22.3 Å². The van der Waals surface area contributed by atoms with E-state index in [1.807, 2.05) is 0 Å². The number of alkyl halides is 3. The molecule has 0 unspecified atom stereocenters. The standard InChI is InChI=1S/C26H21F4N5O3/c27-19-10-18(12-33-13-19)15-5-7-17(8-6-15)23(26(28,29)30)38-22-11-21(34-25(32)35-22)16-3-1-14(2-4-16)9-20(31)24(36)37/h1-8,10-13,20,23H,9,31H2,(H,36,37)(H2,32,34,35)/t20-,23-/m0/s1. The van der Waals surface area contributed by atoms with Crippen LogP contribution in [0.3, 0.4) is 0 Å². The topological polar surface area (TPSA) is 137 Å². The van der Waals surface area contributed by atoms with Crippen molar-refractivity contribution < 1.29 is 32.2 Å². The van der Waals surface area contributed by atoms with Crippen LogP contribution in [0.2, 0.25) is 0 Å². The van der Waals surface area contributed by atoms with E-state index in [4.69, 9.17) is 21.3 Å². The van der Waals surface area contributed by atoms with E-state index in [1.165, 1.54) is 42.6 Å². The summed E-state index contributed by atoms with van der Waals surface area (Å²) in [4.78, 5) is 22.6. The largest absolute Gasteiger partial charge is 0.480 e. The first-order chi connectivity index (χ1) is 18.0. The molecule has 0 spiro atoms. The molecule has 0 radical (unpaired) electrons. The molecule has 0 saturated heterocycles. The number of benzene rings is 2. The Balaban J connectivity index is 1.58. The molecule has 0 bridgehead atoms. The zero-order valence-electron chi connectivity index (χ0n) is 19.6. The summed E-state index contributed by atoms with van der Waals surface area (Å²) in [6, 6.07) is 13.1. The number of hydrogen-bond donors (Lipinski definition) is 3. The molecular weight excluding hydrogens is 506 g/mol. The Morgan fingerprint density at radius 3 is 2.21 bits per heavy atom. The highest BCUT2D eigenvalue weighted by Gasteiger charge is 2.43. The molecule has 0 amide bonds. The lowest BCUT2D eigenvalue weighted by atomic mass is 10.0. The van der Waals surface area contributed by atoms with E-state index in [9.17, 15) is 22.4 Å². The minimum Gasteiger partial charge on any atom is -0.480 e. The Kier molecular flexibility index (Phi) is 7.53. The van der Waals surface area contributed by atoms with E-state index in [-0.39, 0.29) is 23.6 Å². The molecule has 12 heteroatoms. The van der Waals surface area contributed by atoms with Crippen LogP contribution < -0.4 is 16.2 Å². The Morgan fingerprint density at radius 2 is 1.61 bits per heavy atom. The van der Waals surface area contributed by atoms with Crippen LogP contribution >= 0.6 is 0 Å². The summed E-state index contributed by atoms with van der Waals surface area (Å²) < 4.78 is 60.7. The Hall–Kier alpha value is -4.58. The maximum atomic E-state index is 14.0. The van der Waals surface area contributed by atoms with Crippen molar-refractivity contribution in [1.29, 1.82) is 0 Å². The van der Waals surface area contributed by atoms with Gasteiger partial charge in [-0.3, -0.25) is 9.78 Å². The zero-order valence-corrected chi connectivity index (χ0v) is 19.6. The number of pyridine rings is 1. The van der Waals surface area contributed by atoms with Crippen molar-refractivity contribution >= 4 is 11.9 Å². The second-order valence-corrected chi connectivity index (χ2v) is 8.35. The van der Waals surface area contributed by atoms with Crippen LogP contribution in [0.5, 0.6) is 5.88 Å². The lowest BCUT2D eigenvalue weighted by molar-refractivity contribution is -0.198. The minimum atomic E-state index is -4.80. The van der Waals surface area contributed by atoms with Crippen LogP contribution in [0.15, 0.2) is 73.1 Å². The molecule has 5 N–H and O–H groups in total. The Labute approximate surface area is 213 Å². The maximum Gasteiger partial charge on any atom is 0.429 e. The van der Waals surface area contributed by atoms with Crippen molar-refractivity contribution in [3.8, 4) is 28.3 Å². The number of aromatic nitrogens is 3. The van der Waals surface area contributed by atoms with Gasteiger partial charge in [-0.2, -0.15) is 18.2 Å². The van der Waals surface area contributed by atoms with Crippen LogP contribution in [0.4, 0.5) is 23.5 Å². The number of anilines is 1. The van der Waals surface area contributed by atoms with Crippen LogP contribution in [0, 0.1) is 5.82 Å². The van der Waals surface area contributed by atoms with Crippen molar-refractivity contribution in [2.24, 2.45) is 5.73 Å². The van der Waals surface area contributed by atoms with Gasteiger partial charge in [-0.1, -0.05) is 48.5 Å². The monoisotopic (exact) mass is 527 g/mol. The summed E-state index contributed by atoms with van der Waals surface area (Å²) in [6.45, 7) is 0. The number of hydrogen-bond acceptors (Lipinski definition) is 7. The van der Waals surface area contributed by atoms with Gasteiger partial charge in [0.05, 0.1) is 11.9 Å². The van der Waals surface area contributed by atoms with Gasteiger partial charge in [0.1, 0.15) is 11.9 Å². The molecule has 2 heterocycles. The first-order valence-corrected chi connectivity index (χ1v) is 11.2. The maximum absolute atomic E-state index is 14.0. The van der Waals surface area contributed by atoms with Crippen molar-refractivity contribution in [1.82, 2.24) is 15.0 Å². The number of carboxylic acids is 1. The predicted molar refractivity (Wildman–Crippen MR) is 130 cm³/mol. The minimum absolute atomic E-state index is 0.0949. The number of rotatable bonds is 8. The molecule has 4 aromatic rings. The molecule has 196 valence electrons. The first-order valence-electron chi connectivity index (χ1n) is 11.2. The third kappa shape index (κ3) is 6.40. The molecule has 2 aromatic heterocycles. The first kappa shape index (κ1) is 26.5. The quantitative estimate of drug-likeness (QED) is 0.284. The summed E-state index contributed by atoms with van der Waals surface area (Å²) in [5.41, 5.74) is 13.3. The van der Waals surface area contributed by atoms with Gasteiger partial charge in [0, 0.05) is 29.0 Å². The van der Waals surface area contributed by atoms with Gasteiger partial charge in [-0.15, -0.1) is 0 Å². The van der Waals surface area contributed by atoms with Crippen molar-refractivity contribution in [2.45, 2.75) is 24.7 Å². The third-order valence-corrected chi connectivity index (χ3v) is 5.53. The molecule has 0 saturated carbocycles. The van der Waals surface area contributed by atoms with Crippen LogP contribution in [-0.4, -0.2) is 38.2 Å². The van der Waals surface area contributed by atoms with Crippen LogP contribution in [0.25, 0.3) is 22.4 Å². The molecule has 38 heavy (non-hydrogen) atoms. The Bertz CT molecular complexity index is 1430. The zero-order chi connectivity index (χ0) is 27.4. The van der Waals surface area contributed by atoms with Crippen LogP contribution in [0.1, 0.15) is 17.2 Å². The molecule has 4 rings (SSSR count). The van der Waals surface area contributed by atoms with Crippen molar-refractivity contribution in [3.05, 3.63) is 90.0 Å². The van der Waals surface area contributed by atoms with Crippen molar-refractivity contribution in [3.63, 3.8) is 0 Å². The molecular formula is C26H21F4N5O3. The van der Waals surface area contributed by atoms with Gasteiger partial charge in [-0.25, -0.2) is 9.37 Å². The molecule has 0 aliphatic rings. The lowest BCUT2D eigenvalue weighted by Gasteiger charge is -2.22. The van der Waals surface area contributed by atoms with E-state index >= 15 is 0 Å². The molecule has 2 atom stereocenters. The highest BCUT2D eigenvalue weighted by atomic mass is 19.4. The fourth-order valence-electron chi connectivity index (χ4n) is 3.67. The smallest absolute Gasteiger partial charge is 0.429 e. The number of halogens is 4. The second-order valence-electron chi connectivity index (χ2n) is 8.35. The summed E-state index contributed by atoms with van der Waals surface area (Å²) >= 11 is 0. The lowest BCUT2D eigenvalue weighted by Crippen LogP contribution is -2.32. The fourth-order valence-corrected chi connectivity index (χ4v) is 3.67. The van der Waals surface area contributed by atoms with Crippen molar-refractivity contribution in [2.75, 3.05) is 5.73 Å². The average molecular weight is 527 g/mol. The second kappa shape index (κ2) is 10.8. The predicted octanol–water partition coefficient (Wildman–Crippen LogP) is 4.56. The highest BCUT2D eigenvalue weighted by Crippen LogP contribution is 2.38. The number of ether oxygens (including phenoxy) is 1. The van der Waals surface area contributed by atoms with Gasteiger partial charge >= 0.3 is 12.1 Å². The van der Waals surface area contributed by atoms with Gasteiger partial charge in [-0.05, 0) is 23.6 Å². The average Bonchev–Trinajstić information content (AvgIpc) is 2.87. The number of nitrogen functional groups attached to an aromatic ring is 1. The normalized spacial score (nSPS) is 13.1. The molecule has 0 aliphatic heterocycles. The van der Waals surface area contributed by atoms with Gasteiger partial charge < -0.3 is 21.3 Å². The number of nitrogens with two attached hydrogens (primary N) is 2. The third-order valence-electron chi connectivity index (χ3n) is 5.53. The summed E-state index contributed by atoms with van der Waals surface area (Å²) in [7, 11) is 0. The van der Waals surface area contributed by atoms with E-state index < -0.39 is 36.0 Å². The summed E-state index contributed by atoms with van der Waals surface area (Å²) in [6.07, 6.45) is -4.65. The molecule has 0 fully saturated rings. The van der Waals surface area contributed by atoms with E-state index in [2.05, 4.69) is 15.0 Å². The highest BCUT2D eigenvalue weighted by molar-refractivity contribution is 5.73. The molecule has 0 aliphatic carbocycles. The Morgan fingerprint density at radius 1 is 0.947 bits per heavy atom. The molecule has 8 nitrogen and oxygen atoms in total. The number of aliphatic carboxylic acids is 1. The van der Waals surface area contributed by atoms with E-state index in [0.717, 1.165) is 6.20 Å². The van der Waals surface area contributed by atoms with Gasteiger partial charge in [0.25, 0.3) is 0 Å². The fraction of sp³-hybridized carbons (Fsp3) is 0.154. The summed E-state index contributed by atoms with van der Waals surface area (Å²) in [5.74, 6) is -2.41. The SMILES string of the molecule is Nc1nc(O[C@@H](c2ccc(-c3cncc(F)c3)cc2)C(F)(F)F)cc(-c2ccc(C[C@H](N)C(=O)O)cc2)n1. The van der Waals surface area contributed by atoms with Crippen LogP contribution in [-0.2, 0) is 11.2 Å². The van der Waals surface area contributed by atoms with E-state index in [1.54, 1.807) is 24.3 Å². The molecule has 2 aromatic carbocycles.